The number of β-lactam (4-membered cyclic amide) rings is 1. The van der Waals surface area contributed by atoms with Crippen LogP contribution in [0.15, 0.2) is 27.6 Å². The van der Waals surface area contributed by atoms with E-state index in [9.17, 15) is 44.2 Å². The number of carbonyl (C=O) groups is 5. The van der Waals surface area contributed by atoms with Gasteiger partial charge in [-0.05, 0) is 13.8 Å². The van der Waals surface area contributed by atoms with Gasteiger partial charge in [-0.25, -0.2) is 9.78 Å². The zero-order valence-corrected chi connectivity index (χ0v) is 21.6. The number of nitrogen functional groups attached to an aromatic ring is 1. The van der Waals surface area contributed by atoms with Crippen molar-refractivity contribution in [2.75, 3.05) is 12.3 Å². The molecule has 0 aliphatic carbocycles. The molecule has 0 bridgehead atoms. The molecule has 3 heterocycles. The van der Waals surface area contributed by atoms with E-state index in [1.54, 1.807) is 0 Å². The van der Waals surface area contributed by atoms with E-state index in [1.165, 1.54) is 19.2 Å². The fourth-order valence-corrected chi connectivity index (χ4v) is 3.55. The monoisotopic (exact) mass is 580 g/mol. The summed E-state index contributed by atoms with van der Waals surface area (Å²) >= 11 is 0.976. The van der Waals surface area contributed by atoms with Gasteiger partial charge in [0.1, 0.15) is 11.7 Å². The smallest absolute Gasteiger partial charge is 0.350 e. The van der Waals surface area contributed by atoms with Crippen molar-refractivity contribution in [3.8, 4) is 5.75 Å². The molecule has 0 spiro atoms. The molecule has 19 heteroatoms. The molecule has 1 aliphatic heterocycles. The Balaban J connectivity index is 1.60. The topological polar surface area (TPSA) is 277 Å². The first-order valence-electron chi connectivity index (χ1n) is 11.2. The minimum absolute atomic E-state index is 0.0376. The molecule has 2 aromatic heterocycles. The third kappa shape index (κ3) is 6.81. The Hall–Kier alpha value is -5.20. The number of anilines is 1. The Labute approximate surface area is 227 Å². The average molecular weight is 581 g/mol. The van der Waals surface area contributed by atoms with E-state index in [0.29, 0.717) is 4.73 Å². The normalized spacial score (nSPS) is 16.8. The lowest BCUT2D eigenvalue weighted by atomic mass is 9.98. The second-order valence-corrected chi connectivity index (χ2v) is 9.63. The number of amides is 4. The number of aromatic hydroxyl groups is 1. The van der Waals surface area contributed by atoms with Crippen LogP contribution < -0.4 is 32.4 Å². The van der Waals surface area contributed by atoms with Gasteiger partial charge >= 0.3 is 17.8 Å². The second-order valence-electron chi connectivity index (χ2n) is 8.74. The van der Waals surface area contributed by atoms with Gasteiger partial charge < -0.3 is 47.3 Å². The zero-order valence-electron chi connectivity index (χ0n) is 20.8. The van der Waals surface area contributed by atoms with E-state index in [-0.39, 0.29) is 23.1 Å². The molecule has 214 valence electrons. The van der Waals surface area contributed by atoms with E-state index in [2.05, 4.69) is 31.4 Å². The Morgan fingerprint density at radius 1 is 1.23 bits per heavy atom. The van der Waals surface area contributed by atoms with Crippen LogP contribution in [0.4, 0.5) is 5.13 Å². The minimum atomic E-state index is -1.80. The molecule has 1 saturated heterocycles. The van der Waals surface area contributed by atoms with Crippen LogP contribution in [0, 0.1) is 0 Å². The van der Waals surface area contributed by atoms with Crippen molar-refractivity contribution >= 4 is 51.8 Å². The summed E-state index contributed by atoms with van der Waals surface area (Å²) in [6, 6.07) is -1.16. The van der Waals surface area contributed by atoms with Gasteiger partial charge in [-0.15, -0.1) is 11.3 Å². The van der Waals surface area contributed by atoms with Gasteiger partial charge in [0.05, 0.1) is 24.5 Å². The number of nitrogens with one attached hydrogen (secondary N) is 4. The van der Waals surface area contributed by atoms with E-state index in [0.717, 1.165) is 23.6 Å². The van der Waals surface area contributed by atoms with Crippen LogP contribution >= 0.6 is 11.3 Å². The third-order valence-electron chi connectivity index (χ3n) is 5.37. The van der Waals surface area contributed by atoms with Crippen LogP contribution in [0.3, 0.4) is 0 Å². The molecular formula is C21H24N8O10S. The van der Waals surface area contributed by atoms with Gasteiger partial charge in [0, 0.05) is 18.0 Å². The number of carboxylic acids is 1. The van der Waals surface area contributed by atoms with Crippen molar-refractivity contribution in [3.05, 3.63) is 39.3 Å². The number of oxime groups is 1. The number of aliphatic carboxylic acids is 1. The lowest BCUT2D eigenvalue weighted by Crippen LogP contribution is -2.72. The molecule has 3 rings (SSSR count). The number of hydrogen-bond donors (Lipinski definition) is 8. The number of hydrogen-bond acceptors (Lipinski definition) is 13. The van der Waals surface area contributed by atoms with E-state index >= 15 is 0 Å². The fourth-order valence-electron chi connectivity index (χ4n) is 3.01. The highest BCUT2D eigenvalue weighted by molar-refractivity contribution is 7.13. The summed E-state index contributed by atoms with van der Waals surface area (Å²) in [6.07, 6.45) is 0.719. The Morgan fingerprint density at radius 2 is 1.90 bits per heavy atom. The van der Waals surface area contributed by atoms with Crippen molar-refractivity contribution in [1.29, 1.82) is 0 Å². The number of nitrogens with zero attached hydrogens (tertiary/aromatic N) is 3. The summed E-state index contributed by atoms with van der Waals surface area (Å²) in [5.41, 5.74) is 2.39. The van der Waals surface area contributed by atoms with Crippen LogP contribution in [0.25, 0.3) is 0 Å². The van der Waals surface area contributed by atoms with Crippen molar-refractivity contribution < 1.29 is 44.2 Å². The molecular weight excluding hydrogens is 556 g/mol. The molecule has 4 amide bonds. The molecule has 0 unspecified atom stereocenters. The van der Waals surface area contributed by atoms with E-state index in [1.807, 2.05) is 0 Å². The first-order valence-corrected chi connectivity index (χ1v) is 12.1. The van der Waals surface area contributed by atoms with Crippen molar-refractivity contribution in [2.24, 2.45) is 5.16 Å². The Kier molecular flexibility index (Phi) is 8.57. The number of rotatable bonds is 10. The number of nitrogens with two attached hydrogens (primary N) is 1. The zero-order chi connectivity index (χ0) is 29.8. The quantitative estimate of drug-likeness (QED) is 0.0454. The maximum absolute atomic E-state index is 12.9. The summed E-state index contributed by atoms with van der Waals surface area (Å²) in [6.45, 7) is 1.68. The Bertz CT molecular complexity index is 1450. The molecule has 1 fully saturated rings. The lowest BCUT2D eigenvalue weighted by molar-refractivity contribution is -0.161. The predicted octanol–water partition coefficient (Wildman–Crippen LogP) is -3.17. The summed E-state index contributed by atoms with van der Waals surface area (Å²) in [5, 5.41) is 42.5. The SMILES string of the molecule is CC(C)(O/N=C(\C(=O)N[C@@H]1C(=O)N[C@@H]1CNC(=O)C(=O)NCc1cc(=O)c(O)cn1O)c1csc(N)n1)C(=O)O. The molecule has 40 heavy (non-hydrogen) atoms. The summed E-state index contributed by atoms with van der Waals surface area (Å²) in [5.74, 6) is -5.91. The first kappa shape index (κ1) is 29.4. The summed E-state index contributed by atoms with van der Waals surface area (Å²) in [7, 11) is 0. The summed E-state index contributed by atoms with van der Waals surface area (Å²) < 4.78 is 0.400. The number of aromatic nitrogens is 2. The second kappa shape index (κ2) is 11.7. The highest BCUT2D eigenvalue weighted by Crippen LogP contribution is 2.16. The first-order chi connectivity index (χ1) is 18.7. The van der Waals surface area contributed by atoms with Gasteiger partial charge in [-0.3, -0.25) is 24.0 Å². The van der Waals surface area contributed by atoms with Gasteiger partial charge in [-0.2, -0.15) is 4.73 Å². The maximum atomic E-state index is 12.9. The molecule has 18 nitrogen and oxygen atoms in total. The molecule has 0 saturated carbocycles. The lowest BCUT2D eigenvalue weighted by Gasteiger charge is -2.37. The van der Waals surface area contributed by atoms with Crippen molar-refractivity contribution in [2.45, 2.75) is 38.1 Å². The molecule has 1 aliphatic rings. The Morgan fingerprint density at radius 3 is 2.50 bits per heavy atom. The molecule has 2 atom stereocenters. The molecule has 0 aromatic carbocycles. The molecule has 0 radical (unpaired) electrons. The number of thiazole rings is 1. The average Bonchev–Trinajstić information content (AvgIpc) is 3.31. The minimum Gasteiger partial charge on any atom is -0.503 e. The number of pyridine rings is 1. The molecule has 9 N–H and O–H groups in total. The standard InChI is InChI=1S/C21H24N8O10S/c1-21(2,19(36)37)39-28-14(10-7-40-20(22)26-10)16(33)27-13-9(25-15(13)32)5-24-18(35)17(34)23-4-8-3-11(30)12(31)6-29(8)38/h3,6-7,9,13,31,38H,4-5H2,1-2H3,(H2,22,26)(H,23,34)(H,24,35)(H,25,32)(H,27,33)(H,36,37)/b28-14-/t9-,13+/m1/s1. The number of carbonyl (C=O) groups excluding carboxylic acids is 4. The van der Waals surface area contributed by atoms with Crippen molar-refractivity contribution in [1.82, 2.24) is 31.0 Å². The van der Waals surface area contributed by atoms with Crippen LogP contribution in [-0.2, 0) is 35.4 Å². The van der Waals surface area contributed by atoms with Crippen LogP contribution in [-0.4, -0.2) is 84.7 Å². The van der Waals surface area contributed by atoms with Gasteiger partial charge in [0.2, 0.25) is 16.9 Å². The van der Waals surface area contributed by atoms with Crippen LogP contribution in [0.1, 0.15) is 25.2 Å². The van der Waals surface area contributed by atoms with Crippen LogP contribution in [0.2, 0.25) is 0 Å². The maximum Gasteiger partial charge on any atom is 0.350 e. The van der Waals surface area contributed by atoms with Gasteiger partial charge in [0.15, 0.2) is 16.6 Å². The summed E-state index contributed by atoms with van der Waals surface area (Å²) in [4.78, 5) is 81.0. The fraction of sp³-hybridized carbons (Fsp3) is 0.333. The van der Waals surface area contributed by atoms with Gasteiger partial charge in [0.25, 0.3) is 5.91 Å². The van der Waals surface area contributed by atoms with Crippen molar-refractivity contribution in [3.63, 3.8) is 0 Å². The van der Waals surface area contributed by atoms with E-state index < -0.39 is 70.7 Å². The molecule has 2 aromatic rings. The predicted molar refractivity (Wildman–Crippen MR) is 134 cm³/mol. The third-order valence-corrected chi connectivity index (χ3v) is 6.04. The highest BCUT2D eigenvalue weighted by atomic mass is 32.1. The largest absolute Gasteiger partial charge is 0.503 e. The van der Waals surface area contributed by atoms with E-state index in [4.69, 9.17) is 10.6 Å². The van der Waals surface area contributed by atoms with Crippen LogP contribution in [0.5, 0.6) is 5.75 Å². The number of carboxylic acid groups (broad SMARTS) is 1. The van der Waals surface area contributed by atoms with Gasteiger partial charge in [-0.1, -0.05) is 5.16 Å². The highest BCUT2D eigenvalue weighted by Gasteiger charge is 2.42.